The lowest BCUT2D eigenvalue weighted by Gasteiger charge is -2.24. The highest BCUT2D eigenvalue weighted by molar-refractivity contribution is 7.98. The van der Waals surface area contributed by atoms with Gasteiger partial charge in [-0.25, -0.2) is 0 Å². The molecule has 2 fully saturated rings. The number of rotatable bonds is 3. The summed E-state index contributed by atoms with van der Waals surface area (Å²) in [5.41, 5.74) is 0.893. The second-order valence-corrected chi connectivity index (χ2v) is 6.20. The van der Waals surface area contributed by atoms with Gasteiger partial charge in [0.25, 0.3) is 0 Å². The van der Waals surface area contributed by atoms with Crippen molar-refractivity contribution >= 4 is 29.3 Å². The van der Waals surface area contributed by atoms with E-state index in [9.17, 15) is 9.59 Å². The van der Waals surface area contributed by atoms with Crippen molar-refractivity contribution in [3.8, 4) is 0 Å². The molecule has 0 spiro atoms. The molecule has 4 nitrogen and oxygen atoms in total. The van der Waals surface area contributed by atoms with E-state index in [1.54, 1.807) is 16.7 Å². The number of hydrogen-bond donors (Lipinski definition) is 1. The Kier molecular flexibility index (Phi) is 3.70. The monoisotopic (exact) mass is 290 g/mol. The van der Waals surface area contributed by atoms with Gasteiger partial charge in [-0.2, -0.15) is 0 Å². The maximum absolute atomic E-state index is 12.7. The number of thioether (sulfide) groups is 1. The van der Waals surface area contributed by atoms with Crippen molar-refractivity contribution in [2.45, 2.75) is 30.2 Å². The van der Waals surface area contributed by atoms with Gasteiger partial charge in [-0.15, -0.1) is 11.8 Å². The van der Waals surface area contributed by atoms with Crippen LogP contribution in [0.5, 0.6) is 0 Å². The molecule has 20 heavy (non-hydrogen) atoms. The molecule has 1 aromatic rings. The lowest BCUT2D eigenvalue weighted by molar-refractivity contribution is -0.126. The normalized spacial score (nSPS) is 23.4. The summed E-state index contributed by atoms with van der Waals surface area (Å²) in [4.78, 5) is 27.3. The topological polar surface area (TPSA) is 49.4 Å². The van der Waals surface area contributed by atoms with Crippen molar-refractivity contribution in [2.75, 3.05) is 17.7 Å². The van der Waals surface area contributed by atoms with E-state index in [4.69, 9.17) is 0 Å². The fourth-order valence-corrected chi connectivity index (χ4v) is 3.04. The van der Waals surface area contributed by atoms with Crippen LogP contribution in [0, 0.1) is 5.92 Å². The predicted octanol–water partition coefficient (Wildman–Crippen LogP) is 2.04. The number of nitrogens with zero attached hydrogens (tertiary/aromatic N) is 1. The van der Waals surface area contributed by atoms with Crippen molar-refractivity contribution < 1.29 is 9.59 Å². The van der Waals surface area contributed by atoms with Gasteiger partial charge in [-0.05, 0) is 43.2 Å². The fraction of sp³-hybridized carbons (Fsp3) is 0.467. The molecule has 1 saturated heterocycles. The molecule has 1 heterocycles. The lowest BCUT2D eigenvalue weighted by atomic mass is 10.1. The molecule has 5 heteroatoms. The van der Waals surface area contributed by atoms with Crippen LogP contribution in [0.1, 0.15) is 19.3 Å². The highest BCUT2D eigenvalue weighted by Gasteiger charge is 2.41. The molecule has 3 rings (SSSR count). The molecule has 0 radical (unpaired) electrons. The average molecular weight is 290 g/mol. The van der Waals surface area contributed by atoms with E-state index in [0.29, 0.717) is 18.9 Å². The molecule has 1 aliphatic carbocycles. The van der Waals surface area contributed by atoms with Crippen LogP contribution < -0.4 is 10.2 Å². The van der Waals surface area contributed by atoms with Crippen LogP contribution in [-0.2, 0) is 9.59 Å². The maximum Gasteiger partial charge on any atom is 0.249 e. The third kappa shape index (κ3) is 2.68. The molecule has 2 amide bonds. The Morgan fingerprint density at radius 2 is 2.10 bits per heavy atom. The quantitative estimate of drug-likeness (QED) is 0.867. The number of nitrogens with one attached hydrogen (secondary N) is 1. The van der Waals surface area contributed by atoms with Crippen LogP contribution in [0.15, 0.2) is 29.2 Å². The smallest absolute Gasteiger partial charge is 0.249 e. The third-order valence-corrected chi connectivity index (χ3v) is 4.59. The average Bonchev–Trinajstić information content (AvgIpc) is 3.29. The van der Waals surface area contributed by atoms with Crippen LogP contribution in [0.25, 0.3) is 0 Å². The van der Waals surface area contributed by atoms with Crippen molar-refractivity contribution in [3.63, 3.8) is 0 Å². The molecule has 2 aliphatic rings. The third-order valence-electron chi connectivity index (χ3n) is 3.87. The molecule has 1 unspecified atom stereocenters. The van der Waals surface area contributed by atoms with Gasteiger partial charge in [0.05, 0.1) is 0 Å². The molecule has 1 aliphatic heterocycles. The van der Waals surface area contributed by atoms with E-state index in [-0.39, 0.29) is 17.9 Å². The van der Waals surface area contributed by atoms with Gasteiger partial charge < -0.3 is 10.2 Å². The minimum atomic E-state index is -0.331. The summed E-state index contributed by atoms with van der Waals surface area (Å²) in [6, 6.07) is 7.61. The van der Waals surface area contributed by atoms with Gasteiger partial charge in [0.1, 0.15) is 6.04 Å². The van der Waals surface area contributed by atoms with Crippen molar-refractivity contribution in [1.29, 1.82) is 0 Å². The summed E-state index contributed by atoms with van der Waals surface area (Å²) in [6.07, 6.45) is 4.46. The zero-order chi connectivity index (χ0) is 14.1. The molecule has 0 aromatic heterocycles. The second-order valence-electron chi connectivity index (χ2n) is 5.32. The van der Waals surface area contributed by atoms with E-state index >= 15 is 0 Å². The number of carbonyl (C=O) groups excluding carboxylic acids is 2. The van der Waals surface area contributed by atoms with E-state index in [1.165, 1.54) is 0 Å². The molecule has 1 atom stereocenters. The zero-order valence-electron chi connectivity index (χ0n) is 11.5. The Morgan fingerprint density at radius 3 is 2.80 bits per heavy atom. The molecule has 0 bridgehead atoms. The molecular weight excluding hydrogens is 272 g/mol. The molecule has 1 N–H and O–H groups in total. The Labute approximate surface area is 122 Å². The summed E-state index contributed by atoms with van der Waals surface area (Å²) in [6.45, 7) is 0.464. The van der Waals surface area contributed by atoms with Crippen LogP contribution in [0.3, 0.4) is 0 Å². The van der Waals surface area contributed by atoms with Gasteiger partial charge in [0.2, 0.25) is 11.8 Å². The van der Waals surface area contributed by atoms with Crippen LogP contribution in [0.2, 0.25) is 0 Å². The number of benzene rings is 1. The summed E-state index contributed by atoms with van der Waals surface area (Å²) in [5, 5.41) is 2.88. The van der Waals surface area contributed by atoms with Crippen LogP contribution >= 0.6 is 11.8 Å². The first-order valence-corrected chi connectivity index (χ1v) is 8.16. The van der Waals surface area contributed by atoms with Gasteiger partial charge >= 0.3 is 0 Å². The minimum Gasteiger partial charge on any atom is -0.344 e. The first kappa shape index (κ1) is 13.5. The summed E-state index contributed by atoms with van der Waals surface area (Å²) < 4.78 is 0. The van der Waals surface area contributed by atoms with Gasteiger partial charge in [-0.3, -0.25) is 9.59 Å². The molecule has 106 valence electrons. The standard InChI is InChI=1S/C15H18N2O2S/c1-20-12-4-2-3-11(9-12)17-8-7-13(18)16-14(15(17)19)10-5-6-10/h2-4,9-10,14H,5-8H2,1H3,(H,16,18). The van der Waals surface area contributed by atoms with Gasteiger partial charge in [0, 0.05) is 23.5 Å². The van der Waals surface area contributed by atoms with Crippen LogP contribution in [0.4, 0.5) is 5.69 Å². The molecule has 1 saturated carbocycles. The number of hydrogen-bond acceptors (Lipinski definition) is 3. The summed E-state index contributed by atoms with van der Waals surface area (Å²) in [7, 11) is 0. The summed E-state index contributed by atoms with van der Waals surface area (Å²) >= 11 is 1.65. The first-order chi connectivity index (χ1) is 9.69. The lowest BCUT2D eigenvalue weighted by Crippen LogP contribution is -2.46. The van der Waals surface area contributed by atoms with Crippen LogP contribution in [-0.4, -0.2) is 30.7 Å². The maximum atomic E-state index is 12.7. The Morgan fingerprint density at radius 1 is 1.30 bits per heavy atom. The van der Waals surface area contributed by atoms with E-state index in [1.807, 2.05) is 30.5 Å². The Bertz CT molecular complexity index is 542. The van der Waals surface area contributed by atoms with Gasteiger partial charge in [-0.1, -0.05) is 6.07 Å². The molecular formula is C15H18N2O2S. The van der Waals surface area contributed by atoms with Crippen molar-refractivity contribution in [1.82, 2.24) is 5.32 Å². The Balaban J connectivity index is 1.89. The SMILES string of the molecule is CSc1cccc(N2CCC(=O)NC(C3CC3)C2=O)c1. The first-order valence-electron chi connectivity index (χ1n) is 6.94. The number of amides is 2. The zero-order valence-corrected chi connectivity index (χ0v) is 12.3. The summed E-state index contributed by atoms with van der Waals surface area (Å²) in [5.74, 6) is 0.353. The number of anilines is 1. The predicted molar refractivity (Wildman–Crippen MR) is 79.8 cm³/mol. The number of carbonyl (C=O) groups is 2. The second kappa shape index (κ2) is 5.48. The Hall–Kier alpha value is -1.49. The van der Waals surface area contributed by atoms with Gasteiger partial charge in [0.15, 0.2) is 0 Å². The van der Waals surface area contributed by atoms with E-state index in [2.05, 4.69) is 5.32 Å². The van der Waals surface area contributed by atoms with Crippen molar-refractivity contribution in [3.05, 3.63) is 24.3 Å². The highest BCUT2D eigenvalue weighted by atomic mass is 32.2. The van der Waals surface area contributed by atoms with Crippen molar-refractivity contribution in [2.24, 2.45) is 5.92 Å². The largest absolute Gasteiger partial charge is 0.344 e. The van der Waals surface area contributed by atoms with E-state index in [0.717, 1.165) is 23.4 Å². The van der Waals surface area contributed by atoms with E-state index < -0.39 is 0 Å². The minimum absolute atomic E-state index is 0.0150. The highest BCUT2D eigenvalue weighted by Crippen LogP contribution is 2.35. The fourth-order valence-electron chi connectivity index (χ4n) is 2.58. The molecule has 1 aromatic carbocycles.